The van der Waals surface area contributed by atoms with Gasteiger partial charge in [-0.2, -0.15) is 13.2 Å². The van der Waals surface area contributed by atoms with Gasteiger partial charge >= 0.3 is 6.18 Å². The normalized spacial score (nSPS) is 11.6. The summed E-state index contributed by atoms with van der Waals surface area (Å²) < 4.78 is 39.5. The predicted molar refractivity (Wildman–Crippen MR) is 128 cm³/mol. The topological polar surface area (TPSA) is 60.9 Å². The maximum absolute atomic E-state index is 13.2. The van der Waals surface area contributed by atoms with Crippen LogP contribution in [0.1, 0.15) is 11.1 Å². The van der Waals surface area contributed by atoms with E-state index in [1.165, 1.54) is 6.07 Å². The summed E-state index contributed by atoms with van der Waals surface area (Å²) in [5, 5.41) is 14.2. The van der Waals surface area contributed by atoms with E-state index in [4.69, 9.17) is 0 Å². The van der Waals surface area contributed by atoms with Gasteiger partial charge in [-0.25, -0.2) is 4.98 Å². The molecule has 0 radical (unpaired) electrons. The monoisotopic (exact) mass is 459 g/mol. The Balaban J connectivity index is 1.55. The van der Waals surface area contributed by atoms with Crippen molar-refractivity contribution in [3.05, 3.63) is 96.2 Å². The van der Waals surface area contributed by atoms with Gasteiger partial charge in [0.05, 0.1) is 5.56 Å². The number of pyridine rings is 1. The number of aromatic nitrogens is 2. The summed E-state index contributed by atoms with van der Waals surface area (Å²) in [4.78, 5) is 7.77. The van der Waals surface area contributed by atoms with Gasteiger partial charge in [0.15, 0.2) is 0 Å². The van der Waals surface area contributed by atoms with Crippen molar-refractivity contribution < 1.29 is 18.3 Å². The summed E-state index contributed by atoms with van der Waals surface area (Å²) in [6.07, 6.45) is -2.60. The molecule has 2 heterocycles. The van der Waals surface area contributed by atoms with Crippen LogP contribution in [-0.4, -0.2) is 15.1 Å². The lowest BCUT2D eigenvalue weighted by atomic mass is 10.0. The van der Waals surface area contributed by atoms with E-state index in [2.05, 4.69) is 15.3 Å². The fourth-order valence-electron chi connectivity index (χ4n) is 3.96. The van der Waals surface area contributed by atoms with Crippen LogP contribution in [0.3, 0.4) is 0 Å². The maximum atomic E-state index is 13.2. The number of nitrogens with one attached hydrogen (secondary N) is 2. The second-order valence-electron chi connectivity index (χ2n) is 8.08. The molecule has 0 spiro atoms. The first-order valence-electron chi connectivity index (χ1n) is 10.6. The average Bonchev–Trinajstić information content (AvgIpc) is 3.28. The van der Waals surface area contributed by atoms with Gasteiger partial charge in [-0.1, -0.05) is 36.4 Å². The Hall–Kier alpha value is -4.26. The first-order chi connectivity index (χ1) is 16.3. The van der Waals surface area contributed by atoms with Crippen molar-refractivity contribution in [2.75, 3.05) is 5.32 Å². The molecule has 3 aromatic carbocycles. The van der Waals surface area contributed by atoms with E-state index < -0.39 is 11.7 Å². The van der Waals surface area contributed by atoms with Crippen LogP contribution in [0.5, 0.6) is 5.75 Å². The molecule has 0 unspecified atom stereocenters. The average molecular weight is 459 g/mol. The molecule has 0 aliphatic heterocycles. The standard InChI is InChI=1S/C27H20F3N3O/c1-16-8-9-18(17-4-2-6-20(12-17)27(28,29)30)14-24(16)32-25-15-23(19-5-3-7-21(34)13-19)22-10-11-31-26(22)33-25/h2-15,34H,1H3,(H2,31,32,33). The van der Waals surface area contributed by atoms with Crippen molar-refractivity contribution in [1.82, 2.24) is 9.97 Å². The molecule has 34 heavy (non-hydrogen) atoms. The van der Waals surface area contributed by atoms with E-state index in [1.807, 2.05) is 37.3 Å². The lowest BCUT2D eigenvalue weighted by Gasteiger charge is -2.14. The summed E-state index contributed by atoms with van der Waals surface area (Å²) in [5.74, 6) is 0.731. The highest BCUT2D eigenvalue weighted by molar-refractivity contribution is 5.95. The number of H-pyrrole nitrogens is 1. The first-order valence-corrected chi connectivity index (χ1v) is 10.6. The Bertz CT molecular complexity index is 1510. The number of benzene rings is 3. The van der Waals surface area contributed by atoms with Crippen molar-refractivity contribution in [2.24, 2.45) is 0 Å². The van der Waals surface area contributed by atoms with Gasteiger partial charge in [-0.15, -0.1) is 0 Å². The third-order valence-electron chi connectivity index (χ3n) is 5.71. The van der Waals surface area contributed by atoms with Gasteiger partial charge in [-0.3, -0.25) is 0 Å². The number of aryl methyl sites for hydroxylation is 1. The van der Waals surface area contributed by atoms with Crippen molar-refractivity contribution in [3.8, 4) is 28.0 Å². The number of phenols is 1. The van der Waals surface area contributed by atoms with Crippen LogP contribution < -0.4 is 5.32 Å². The number of halogens is 3. The highest BCUT2D eigenvalue weighted by Crippen LogP contribution is 2.35. The van der Waals surface area contributed by atoms with Gasteiger partial charge in [-0.05, 0) is 77.2 Å². The molecule has 0 saturated heterocycles. The first kappa shape index (κ1) is 21.6. The Morgan fingerprint density at radius 1 is 0.853 bits per heavy atom. The molecule has 0 aliphatic carbocycles. The molecule has 0 saturated carbocycles. The summed E-state index contributed by atoms with van der Waals surface area (Å²) >= 11 is 0. The second-order valence-corrected chi connectivity index (χ2v) is 8.08. The number of anilines is 2. The molecule has 0 atom stereocenters. The summed E-state index contributed by atoms with van der Waals surface area (Å²) in [6.45, 7) is 1.92. The van der Waals surface area contributed by atoms with Crippen LogP contribution in [0.4, 0.5) is 24.7 Å². The molecule has 5 rings (SSSR count). The van der Waals surface area contributed by atoms with Crippen LogP contribution >= 0.6 is 0 Å². The van der Waals surface area contributed by atoms with Crippen LogP contribution in [-0.2, 0) is 6.18 Å². The highest BCUT2D eigenvalue weighted by Gasteiger charge is 2.30. The Labute approximate surface area is 193 Å². The molecule has 3 N–H and O–H groups in total. The van der Waals surface area contributed by atoms with Gasteiger partial charge in [0, 0.05) is 17.3 Å². The number of phenolic OH excluding ortho intramolecular Hbond substituents is 1. The lowest BCUT2D eigenvalue weighted by molar-refractivity contribution is -0.137. The van der Waals surface area contributed by atoms with Crippen LogP contribution in [0, 0.1) is 6.92 Å². The Morgan fingerprint density at radius 3 is 2.41 bits per heavy atom. The zero-order valence-corrected chi connectivity index (χ0v) is 18.1. The van der Waals surface area contributed by atoms with Crippen molar-refractivity contribution in [1.29, 1.82) is 0 Å². The molecular formula is C27H20F3N3O. The summed E-state index contributed by atoms with van der Waals surface area (Å²) in [6, 6.07) is 21.6. The quantitative estimate of drug-likeness (QED) is 0.258. The number of nitrogens with zero attached hydrogens (tertiary/aromatic N) is 1. The molecule has 0 aliphatic rings. The number of hydrogen-bond acceptors (Lipinski definition) is 3. The van der Waals surface area contributed by atoms with Crippen LogP contribution in [0.25, 0.3) is 33.3 Å². The van der Waals surface area contributed by atoms with Gasteiger partial charge < -0.3 is 15.4 Å². The van der Waals surface area contributed by atoms with Crippen LogP contribution in [0.15, 0.2) is 85.1 Å². The minimum atomic E-state index is -4.40. The molecule has 7 heteroatoms. The summed E-state index contributed by atoms with van der Waals surface area (Å²) in [7, 11) is 0. The fraction of sp³-hybridized carbons (Fsp3) is 0.0741. The van der Waals surface area contributed by atoms with Gasteiger partial charge in [0.2, 0.25) is 0 Å². The number of aromatic hydroxyl groups is 1. The van der Waals surface area contributed by atoms with E-state index in [-0.39, 0.29) is 5.75 Å². The SMILES string of the molecule is Cc1ccc(-c2cccc(C(F)(F)F)c2)cc1Nc1cc(-c2cccc(O)c2)c2cc[nH]c2n1. The van der Waals surface area contributed by atoms with E-state index in [0.717, 1.165) is 39.9 Å². The zero-order valence-electron chi connectivity index (χ0n) is 18.1. The molecular weight excluding hydrogens is 439 g/mol. The molecule has 170 valence electrons. The molecule has 5 aromatic rings. The lowest BCUT2D eigenvalue weighted by Crippen LogP contribution is -2.04. The highest BCUT2D eigenvalue weighted by atomic mass is 19.4. The van der Waals surface area contributed by atoms with E-state index >= 15 is 0 Å². The molecule has 4 nitrogen and oxygen atoms in total. The molecule has 0 amide bonds. The van der Waals surface area contributed by atoms with Gasteiger partial charge in [0.25, 0.3) is 0 Å². The molecule has 0 bridgehead atoms. The Morgan fingerprint density at radius 2 is 1.62 bits per heavy atom. The number of rotatable bonds is 4. The van der Waals surface area contributed by atoms with E-state index in [0.29, 0.717) is 22.6 Å². The van der Waals surface area contributed by atoms with Gasteiger partial charge in [0.1, 0.15) is 17.2 Å². The largest absolute Gasteiger partial charge is 0.508 e. The fourth-order valence-corrected chi connectivity index (χ4v) is 3.96. The second kappa shape index (κ2) is 8.26. The third-order valence-corrected chi connectivity index (χ3v) is 5.71. The van der Waals surface area contributed by atoms with E-state index in [9.17, 15) is 18.3 Å². The molecule has 0 fully saturated rings. The molecule has 2 aromatic heterocycles. The van der Waals surface area contributed by atoms with E-state index in [1.54, 1.807) is 36.5 Å². The van der Waals surface area contributed by atoms with Crippen molar-refractivity contribution in [2.45, 2.75) is 13.1 Å². The minimum absolute atomic E-state index is 0.164. The Kier molecular flexibility index (Phi) is 5.24. The zero-order chi connectivity index (χ0) is 23.9. The van der Waals surface area contributed by atoms with Crippen molar-refractivity contribution >= 4 is 22.5 Å². The third kappa shape index (κ3) is 4.20. The number of alkyl halides is 3. The summed E-state index contributed by atoms with van der Waals surface area (Å²) in [5.41, 5.74) is 4.50. The number of fused-ring (bicyclic) bond motifs is 1. The smallest absolute Gasteiger partial charge is 0.416 e. The predicted octanol–water partition coefficient (Wildman–Crippen LogP) is 7.67. The maximum Gasteiger partial charge on any atom is 0.416 e. The minimum Gasteiger partial charge on any atom is -0.508 e. The number of aromatic amines is 1. The van der Waals surface area contributed by atoms with Crippen molar-refractivity contribution in [3.63, 3.8) is 0 Å². The number of hydrogen-bond donors (Lipinski definition) is 3. The van der Waals surface area contributed by atoms with Crippen LogP contribution in [0.2, 0.25) is 0 Å².